The van der Waals surface area contributed by atoms with E-state index in [-0.39, 0.29) is 23.7 Å². The summed E-state index contributed by atoms with van der Waals surface area (Å²) >= 11 is 0. The zero-order valence-electron chi connectivity index (χ0n) is 19.2. The standard InChI is InChI=1S/C23H35F3N4O2/c1-3-5-11-28-12-14-29(15-13-28)22(9-16-32-17-10-22)18-30(21(31)4-2)20-8-6-7-19(27-20)23(24,25)26/h6-8H,3-5,9-18H2,1-2H3. The van der Waals surface area contributed by atoms with Crippen LogP contribution in [0, 0.1) is 0 Å². The molecule has 32 heavy (non-hydrogen) atoms. The van der Waals surface area contributed by atoms with E-state index in [1.807, 2.05) is 0 Å². The van der Waals surface area contributed by atoms with E-state index in [0.717, 1.165) is 51.6 Å². The molecule has 0 bridgehead atoms. The van der Waals surface area contributed by atoms with E-state index < -0.39 is 11.9 Å². The molecular weight excluding hydrogens is 421 g/mol. The van der Waals surface area contributed by atoms with Gasteiger partial charge in [0.2, 0.25) is 5.91 Å². The fourth-order valence-electron chi connectivity index (χ4n) is 4.67. The van der Waals surface area contributed by atoms with Gasteiger partial charge in [0.15, 0.2) is 0 Å². The van der Waals surface area contributed by atoms with Crippen LogP contribution in [0.15, 0.2) is 18.2 Å². The molecule has 0 radical (unpaired) electrons. The van der Waals surface area contributed by atoms with Gasteiger partial charge in [0.1, 0.15) is 11.5 Å². The summed E-state index contributed by atoms with van der Waals surface area (Å²) in [5.41, 5.74) is -1.30. The van der Waals surface area contributed by atoms with Crippen LogP contribution in [0.3, 0.4) is 0 Å². The zero-order valence-corrected chi connectivity index (χ0v) is 19.2. The molecule has 6 nitrogen and oxygen atoms in total. The van der Waals surface area contributed by atoms with E-state index in [1.165, 1.54) is 29.9 Å². The van der Waals surface area contributed by atoms with Crippen LogP contribution in [0.1, 0.15) is 51.6 Å². The number of aromatic nitrogens is 1. The number of piperazine rings is 1. The van der Waals surface area contributed by atoms with E-state index in [9.17, 15) is 18.0 Å². The maximum atomic E-state index is 13.3. The monoisotopic (exact) mass is 456 g/mol. The van der Waals surface area contributed by atoms with E-state index >= 15 is 0 Å². The van der Waals surface area contributed by atoms with Crippen LogP contribution in [-0.2, 0) is 15.7 Å². The Hall–Kier alpha value is -1.71. The van der Waals surface area contributed by atoms with E-state index in [2.05, 4.69) is 21.7 Å². The van der Waals surface area contributed by atoms with Crippen molar-refractivity contribution in [1.29, 1.82) is 0 Å². The molecule has 0 N–H and O–H groups in total. The summed E-state index contributed by atoms with van der Waals surface area (Å²) in [6.45, 7) is 10.2. The Labute approximate surface area is 188 Å². The Bertz CT molecular complexity index is 745. The van der Waals surface area contributed by atoms with E-state index in [0.29, 0.717) is 19.8 Å². The molecule has 2 aliphatic rings. The lowest BCUT2D eigenvalue weighted by Crippen LogP contribution is -2.63. The summed E-state index contributed by atoms with van der Waals surface area (Å²) in [6, 6.07) is 3.76. The highest BCUT2D eigenvalue weighted by Crippen LogP contribution is 2.33. The molecule has 1 aromatic heterocycles. The maximum absolute atomic E-state index is 13.3. The van der Waals surface area contributed by atoms with E-state index in [1.54, 1.807) is 6.92 Å². The van der Waals surface area contributed by atoms with Gasteiger partial charge in [-0.3, -0.25) is 14.6 Å². The highest BCUT2D eigenvalue weighted by Gasteiger charge is 2.43. The number of halogens is 3. The topological polar surface area (TPSA) is 48.9 Å². The summed E-state index contributed by atoms with van der Waals surface area (Å²) in [4.78, 5) is 23.1. The fourth-order valence-corrected chi connectivity index (χ4v) is 4.67. The Balaban J connectivity index is 1.84. The average molecular weight is 457 g/mol. The minimum Gasteiger partial charge on any atom is -0.381 e. The van der Waals surface area contributed by atoms with Gasteiger partial charge in [0.05, 0.1) is 0 Å². The van der Waals surface area contributed by atoms with Gasteiger partial charge < -0.3 is 9.64 Å². The number of anilines is 1. The van der Waals surface area contributed by atoms with Crippen molar-refractivity contribution >= 4 is 11.7 Å². The number of hydrogen-bond acceptors (Lipinski definition) is 5. The average Bonchev–Trinajstić information content (AvgIpc) is 2.81. The molecule has 1 amide bonds. The quantitative estimate of drug-likeness (QED) is 0.596. The molecule has 0 spiro atoms. The number of hydrogen-bond donors (Lipinski definition) is 0. The normalized spacial score (nSPS) is 20.3. The third-order valence-corrected chi connectivity index (χ3v) is 6.65. The molecule has 2 saturated heterocycles. The van der Waals surface area contributed by atoms with Gasteiger partial charge in [0, 0.05) is 57.9 Å². The van der Waals surface area contributed by atoms with Crippen LogP contribution >= 0.6 is 0 Å². The number of alkyl halides is 3. The molecule has 0 saturated carbocycles. The summed E-state index contributed by atoms with van der Waals surface area (Å²) in [5, 5.41) is 0. The van der Waals surface area contributed by atoms with Crippen LogP contribution in [-0.4, -0.2) is 78.7 Å². The summed E-state index contributed by atoms with van der Waals surface area (Å²) in [7, 11) is 0. The molecule has 180 valence electrons. The second-order valence-corrected chi connectivity index (χ2v) is 8.73. The maximum Gasteiger partial charge on any atom is 0.433 e. The molecule has 0 unspecified atom stereocenters. The number of rotatable bonds is 8. The van der Waals surface area contributed by atoms with Gasteiger partial charge in [-0.1, -0.05) is 26.3 Å². The molecule has 0 atom stereocenters. The SMILES string of the molecule is CCCCN1CCN(C2(CN(C(=O)CC)c3cccc(C(F)(F)F)n3)CCOCC2)CC1. The van der Waals surface area contributed by atoms with Crippen molar-refractivity contribution in [3.05, 3.63) is 23.9 Å². The molecule has 2 fully saturated rings. The molecule has 3 heterocycles. The van der Waals surface area contributed by atoms with Crippen molar-refractivity contribution in [3.8, 4) is 0 Å². The van der Waals surface area contributed by atoms with Crippen molar-refractivity contribution in [1.82, 2.24) is 14.8 Å². The number of unbranched alkanes of at least 4 members (excludes halogenated alkanes) is 1. The first-order valence-electron chi connectivity index (χ1n) is 11.7. The molecular formula is C23H35F3N4O2. The Morgan fingerprint density at radius 2 is 1.84 bits per heavy atom. The van der Waals surface area contributed by atoms with Crippen LogP contribution in [0.25, 0.3) is 0 Å². The second-order valence-electron chi connectivity index (χ2n) is 8.73. The molecule has 9 heteroatoms. The van der Waals surface area contributed by atoms with Crippen molar-refractivity contribution < 1.29 is 22.7 Å². The highest BCUT2D eigenvalue weighted by atomic mass is 19.4. The Morgan fingerprint density at radius 3 is 2.44 bits per heavy atom. The molecule has 1 aromatic rings. The van der Waals surface area contributed by atoms with Gasteiger partial charge >= 0.3 is 6.18 Å². The molecule has 0 aliphatic carbocycles. The molecule has 3 rings (SSSR count). The minimum atomic E-state index is -4.55. The Kier molecular flexibility index (Phi) is 8.52. The van der Waals surface area contributed by atoms with Gasteiger partial charge in [-0.15, -0.1) is 0 Å². The largest absolute Gasteiger partial charge is 0.433 e. The lowest BCUT2D eigenvalue weighted by Gasteiger charge is -2.51. The summed E-state index contributed by atoms with van der Waals surface area (Å²) in [5.74, 6) is -0.150. The second kappa shape index (κ2) is 10.9. The number of carbonyl (C=O) groups is 1. The number of carbonyl (C=O) groups excluding carboxylic acids is 1. The molecule has 0 aromatic carbocycles. The first-order chi connectivity index (χ1) is 15.3. The van der Waals surface area contributed by atoms with Crippen molar-refractivity contribution in [2.75, 3.05) is 57.4 Å². The number of ether oxygens (including phenoxy) is 1. The summed E-state index contributed by atoms with van der Waals surface area (Å²) < 4.78 is 45.4. The number of amides is 1. The summed E-state index contributed by atoms with van der Waals surface area (Å²) in [6.07, 6.45) is -0.515. The first-order valence-corrected chi connectivity index (χ1v) is 11.7. The number of pyridine rings is 1. The van der Waals surface area contributed by atoms with Crippen molar-refractivity contribution in [3.63, 3.8) is 0 Å². The van der Waals surface area contributed by atoms with E-state index in [4.69, 9.17) is 4.74 Å². The predicted octanol–water partition coefficient (Wildman–Crippen LogP) is 3.81. The van der Waals surface area contributed by atoms with Crippen LogP contribution in [0.5, 0.6) is 0 Å². The van der Waals surface area contributed by atoms with Gasteiger partial charge in [0.25, 0.3) is 0 Å². The van der Waals surface area contributed by atoms with Crippen LogP contribution in [0.4, 0.5) is 19.0 Å². The lowest BCUT2D eigenvalue weighted by molar-refractivity contribution is -0.141. The van der Waals surface area contributed by atoms with Crippen LogP contribution < -0.4 is 4.90 Å². The molecule has 2 aliphatic heterocycles. The van der Waals surface area contributed by atoms with Crippen molar-refractivity contribution in [2.24, 2.45) is 0 Å². The highest BCUT2D eigenvalue weighted by molar-refractivity contribution is 5.92. The third-order valence-electron chi connectivity index (χ3n) is 6.65. The minimum absolute atomic E-state index is 0.0686. The van der Waals surface area contributed by atoms with Crippen molar-refractivity contribution in [2.45, 2.75) is 57.7 Å². The Morgan fingerprint density at radius 1 is 1.16 bits per heavy atom. The zero-order chi connectivity index (χ0) is 23.2. The predicted molar refractivity (Wildman–Crippen MR) is 118 cm³/mol. The smallest absolute Gasteiger partial charge is 0.381 e. The number of nitrogens with zero attached hydrogens (tertiary/aromatic N) is 4. The lowest BCUT2D eigenvalue weighted by atomic mass is 9.86. The van der Waals surface area contributed by atoms with Crippen LogP contribution in [0.2, 0.25) is 0 Å². The van der Waals surface area contributed by atoms with Gasteiger partial charge in [-0.2, -0.15) is 13.2 Å². The first kappa shape index (κ1) is 24.9. The van der Waals surface area contributed by atoms with Gasteiger partial charge in [-0.05, 0) is 37.9 Å². The van der Waals surface area contributed by atoms with Gasteiger partial charge in [-0.25, -0.2) is 4.98 Å². The fraction of sp³-hybridized carbons (Fsp3) is 0.739. The third kappa shape index (κ3) is 5.99.